The average molecular weight is 352 g/mol. The summed E-state index contributed by atoms with van der Waals surface area (Å²) < 4.78 is 0. The number of hydrogen-bond acceptors (Lipinski definition) is 4. The number of piperidine rings is 1. The van der Waals surface area contributed by atoms with Crippen LogP contribution in [0, 0.1) is 17.2 Å². The molecule has 2 aliphatic rings. The molecule has 2 N–H and O–H groups in total. The average Bonchev–Trinajstić information content (AvgIpc) is 3.21. The molecule has 0 radical (unpaired) electrons. The molecular weight excluding hydrogens is 328 g/mol. The second-order valence-corrected chi connectivity index (χ2v) is 6.92. The van der Waals surface area contributed by atoms with Crippen LogP contribution in [0.1, 0.15) is 31.2 Å². The van der Waals surface area contributed by atoms with Crippen LogP contribution in [0.2, 0.25) is 0 Å². The van der Waals surface area contributed by atoms with Crippen molar-refractivity contribution in [1.82, 2.24) is 4.90 Å². The Morgan fingerprint density at radius 2 is 1.69 bits per heavy atom. The van der Waals surface area contributed by atoms with Crippen LogP contribution in [0.25, 0.3) is 6.08 Å². The largest absolute Gasteiger partial charge is 0.372 e. The van der Waals surface area contributed by atoms with Crippen LogP contribution in [-0.4, -0.2) is 42.9 Å². The first kappa shape index (κ1) is 18.0. The third kappa shape index (κ3) is 4.05. The smallest absolute Gasteiger partial charge is 0.264 e. The number of likely N-dealkylation sites (tertiary alicyclic amines) is 1. The molecule has 1 aromatic rings. The molecule has 0 aromatic heterocycles. The van der Waals surface area contributed by atoms with Gasteiger partial charge in [-0.05, 0) is 49.5 Å². The molecule has 3 rings (SSSR count). The second-order valence-electron chi connectivity index (χ2n) is 6.92. The van der Waals surface area contributed by atoms with Gasteiger partial charge in [-0.2, -0.15) is 5.26 Å². The number of primary amides is 1. The lowest BCUT2D eigenvalue weighted by molar-refractivity contribution is -0.131. The zero-order chi connectivity index (χ0) is 18.5. The van der Waals surface area contributed by atoms with Crippen LogP contribution in [0.15, 0.2) is 29.8 Å². The van der Waals surface area contributed by atoms with Gasteiger partial charge >= 0.3 is 0 Å². The van der Waals surface area contributed by atoms with Gasteiger partial charge in [0.25, 0.3) is 5.91 Å². The molecule has 2 fully saturated rings. The third-order valence-corrected chi connectivity index (χ3v) is 5.21. The van der Waals surface area contributed by atoms with Crippen LogP contribution in [-0.2, 0) is 9.59 Å². The van der Waals surface area contributed by atoms with Crippen LogP contribution in [0.4, 0.5) is 5.69 Å². The van der Waals surface area contributed by atoms with E-state index in [4.69, 9.17) is 5.73 Å². The molecule has 2 aliphatic heterocycles. The molecule has 0 aliphatic carbocycles. The summed E-state index contributed by atoms with van der Waals surface area (Å²) in [6.45, 7) is 3.08. The zero-order valence-corrected chi connectivity index (χ0v) is 14.9. The van der Waals surface area contributed by atoms with E-state index in [-0.39, 0.29) is 23.3 Å². The van der Waals surface area contributed by atoms with Crippen molar-refractivity contribution in [2.75, 3.05) is 31.1 Å². The molecule has 0 atom stereocenters. The third-order valence-electron chi connectivity index (χ3n) is 5.21. The molecule has 2 saturated heterocycles. The van der Waals surface area contributed by atoms with Gasteiger partial charge in [-0.15, -0.1) is 0 Å². The van der Waals surface area contributed by atoms with Crippen LogP contribution < -0.4 is 10.6 Å². The first-order valence-corrected chi connectivity index (χ1v) is 9.14. The number of nitrogens with two attached hydrogens (primary N) is 1. The highest BCUT2D eigenvalue weighted by atomic mass is 16.2. The number of nitrogens with zero attached hydrogens (tertiary/aromatic N) is 3. The van der Waals surface area contributed by atoms with E-state index in [0.29, 0.717) is 25.9 Å². The number of benzene rings is 1. The van der Waals surface area contributed by atoms with Gasteiger partial charge in [-0.25, -0.2) is 0 Å². The van der Waals surface area contributed by atoms with Crippen LogP contribution >= 0.6 is 0 Å². The van der Waals surface area contributed by atoms with Crippen molar-refractivity contribution >= 4 is 23.6 Å². The quantitative estimate of drug-likeness (QED) is 0.662. The number of hydrogen-bond donors (Lipinski definition) is 1. The lowest BCUT2D eigenvalue weighted by Crippen LogP contribution is -2.42. The zero-order valence-electron chi connectivity index (χ0n) is 14.9. The maximum atomic E-state index is 12.6. The Labute approximate surface area is 153 Å². The number of rotatable bonds is 4. The van der Waals surface area contributed by atoms with E-state index < -0.39 is 0 Å². The highest BCUT2D eigenvalue weighted by Gasteiger charge is 2.27. The maximum Gasteiger partial charge on any atom is 0.264 e. The van der Waals surface area contributed by atoms with E-state index in [1.165, 1.54) is 18.5 Å². The summed E-state index contributed by atoms with van der Waals surface area (Å²) in [4.78, 5) is 27.8. The lowest BCUT2D eigenvalue weighted by atomic mass is 9.96. The van der Waals surface area contributed by atoms with Crippen molar-refractivity contribution in [3.63, 3.8) is 0 Å². The minimum Gasteiger partial charge on any atom is -0.372 e. The number of carbonyl (C=O) groups is 2. The fourth-order valence-corrected chi connectivity index (χ4v) is 3.60. The Kier molecular flexibility index (Phi) is 5.57. The molecule has 2 amide bonds. The second kappa shape index (κ2) is 8.05. The molecule has 0 bridgehead atoms. The molecule has 6 heteroatoms. The van der Waals surface area contributed by atoms with Gasteiger partial charge in [0.1, 0.15) is 11.6 Å². The monoisotopic (exact) mass is 352 g/mol. The fraction of sp³-hybridized carbons (Fsp3) is 0.450. The van der Waals surface area contributed by atoms with E-state index >= 15 is 0 Å². The van der Waals surface area contributed by atoms with Gasteiger partial charge in [-0.3, -0.25) is 9.59 Å². The van der Waals surface area contributed by atoms with E-state index in [1.54, 1.807) is 11.0 Å². The maximum absolute atomic E-state index is 12.6. The summed E-state index contributed by atoms with van der Waals surface area (Å²) >= 11 is 0. The van der Waals surface area contributed by atoms with Crippen LogP contribution in [0.3, 0.4) is 0 Å². The highest BCUT2D eigenvalue weighted by Crippen LogP contribution is 2.22. The number of anilines is 1. The summed E-state index contributed by atoms with van der Waals surface area (Å²) in [6.07, 6.45) is 5.20. The van der Waals surface area contributed by atoms with Crippen molar-refractivity contribution in [3.8, 4) is 6.07 Å². The molecule has 1 aromatic carbocycles. The minimum absolute atomic E-state index is 0.122. The van der Waals surface area contributed by atoms with E-state index in [1.807, 2.05) is 30.3 Å². The number of nitriles is 1. The first-order valence-electron chi connectivity index (χ1n) is 9.14. The van der Waals surface area contributed by atoms with Gasteiger partial charge in [0.2, 0.25) is 5.91 Å². The molecule has 26 heavy (non-hydrogen) atoms. The summed E-state index contributed by atoms with van der Waals surface area (Å²) in [6, 6.07) is 9.98. The Morgan fingerprint density at radius 3 is 2.23 bits per heavy atom. The van der Waals surface area contributed by atoms with Gasteiger partial charge < -0.3 is 15.5 Å². The minimum atomic E-state index is -0.314. The topological polar surface area (TPSA) is 90.4 Å². The Balaban J connectivity index is 1.67. The summed E-state index contributed by atoms with van der Waals surface area (Å²) in [5.41, 5.74) is 7.46. The predicted octanol–water partition coefficient (Wildman–Crippen LogP) is 1.92. The normalized spacial score (nSPS) is 18.7. The van der Waals surface area contributed by atoms with E-state index in [0.717, 1.165) is 18.7 Å². The van der Waals surface area contributed by atoms with Gasteiger partial charge in [-0.1, -0.05) is 12.1 Å². The summed E-state index contributed by atoms with van der Waals surface area (Å²) in [5.74, 6) is -0.767. The summed E-state index contributed by atoms with van der Waals surface area (Å²) in [7, 11) is 0. The Hall–Kier alpha value is -2.81. The highest BCUT2D eigenvalue weighted by molar-refractivity contribution is 6.01. The van der Waals surface area contributed by atoms with Crippen molar-refractivity contribution in [3.05, 3.63) is 35.4 Å². The van der Waals surface area contributed by atoms with Crippen molar-refractivity contribution < 1.29 is 9.59 Å². The van der Waals surface area contributed by atoms with E-state index in [9.17, 15) is 14.9 Å². The van der Waals surface area contributed by atoms with Crippen LogP contribution in [0.5, 0.6) is 0 Å². The predicted molar refractivity (Wildman–Crippen MR) is 100.0 cm³/mol. The standard InChI is InChI=1S/C20H24N4O2/c21-14-17(20(26)24-11-7-16(8-12-24)19(22)25)13-15-3-5-18(6-4-15)23-9-1-2-10-23/h3-6,13,16H,1-2,7-12H2,(H2,22,25)/b17-13-. The van der Waals surface area contributed by atoms with E-state index in [2.05, 4.69) is 4.90 Å². The molecular formula is C20H24N4O2. The van der Waals surface area contributed by atoms with Crippen molar-refractivity contribution in [2.45, 2.75) is 25.7 Å². The molecule has 0 unspecified atom stereocenters. The first-order chi connectivity index (χ1) is 12.6. The van der Waals surface area contributed by atoms with Crippen molar-refractivity contribution in [2.24, 2.45) is 11.7 Å². The molecule has 136 valence electrons. The molecule has 0 spiro atoms. The molecule has 6 nitrogen and oxygen atoms in total. The molecule has 0 saturated carbocycles. The fourth-order valence-electron chi connectivity index (χ4n) is 3.60. The number of carbonyl (C=O) groups excluding carboxylic acids is 2. The SMILES string of the molecule is N#C/C(=C/c1ccc(N2CCCC2)cc1)C(=O)N1CCC(C(N)=O)CC1. The van der Waals surface area contributed by atoms with Gasteiger partial charge in [0.15, 0.2) is 0 Å². The Bertz CT molecular complexity index is 734. The van der Waals surface area contributed by atoms with Gasteiger partial charge in [0, 0.05) is 37.8 Å². The number of amides is 2. The summed E-state index contributed by atoms with van der Waals surface area (Å²) in [5, 5.41) is 9.41. The van der Waals surface area contributed by atoms with Gasteiger partial charge in [0.05, 0.1) is 0 Å². The lowest BCUT2D eigenvalue weighted by Gasteiger charge is -2.30. The Morgan fingerprint density at radius 1 is 1.08 bits per heavy atom. The van der Waals surface area contributed by atoms with Crippen molar-refractivity contribution in [1.29, 1.82) is 5.26 Å². The molecule has 2 heterocycles.